The summed E-state index contributed by atoms with van der Waals surface area (Å²) >= 11 is 20.8. The highest BCUT2D eigenvalue weighted by Gasteiger charge is 2.30. The molecule has 1 amide bonds. The zero-order valence-corrected chi connectivity index (χ0v) is 25.7. The van der Waals surface area contributed by atoms with Crippen molar-refractivity contribution >= 4 is 52.2 Å². The molecule has 4 aromatic rings. The Morgan fingerprint density at radius 1 is 1.02 bits per heavy atom. The summed E-state index contributed by atoms with van der Waals surface area (Å²) in [5.41, 5.74) is 1.37. The molecule has 41 heavy (non-hydrogen) atoms. The second-order valence-electron chi connectivity index (χ2n) is 10.8. The number of para-hydroxylation sites is 1. The molecular weight excluding hydrogens is 608 g/mol. The van der Waals surface area contributed by atoms with Gasteiger partial charge in [0.25, 0.3) is 5.56 Å². The van der Waals surface area contributed by atoms with Gasteiger partial charge in [-0.15, -0.1) is 11.3 Å². The van der Waals surface area contributed by atoms with E-state index in [1.54, 1.807) is 41.4 Å². The molecule has 0 spiro atoms. The number of halogens is 4. The van der Waals surface area contributed by atoms with Gasteiger partial charge in [-0.25, -0.2) is 14.2 Å². The van der Waals surface area contributed by atoms with E-state index in [9.17, 15) is 14.0 Å². The third-order valence-corrected chi connectivity index (χ3v) is 8.85. The molecule has 11 heteroatoms. The van der Waals surface area contributed by atoms with Crippen molar-refractivity contribution in [3.63, 3.8) is 0 Å². The van der Waals surface area contributed by atoms with Crippen molar-refractivity contribution in [2.24, 2.45) is 0 Å². The Morgan fingerprint density at radius 3 is 2.34 bits per heavy atom. The summed E-state index contributed by atoms with van der Waals surface area (Å²) < 4.78 is 20.9. The minimum Gasteiger partial charge on any atom is -0.444 e. The van der Waals surface area contributed by atoms with Gasteiger partial charge in [0.2, 0.25) is 0 Å². The maximum absolute atomic E-state index is 13.9. The number of hydrogen-bond acceptors (Lipinski definition) is 5. The van der Waals surface area contributed by atoms with Gasteiger partial charge in [-0.3, -0.25) is 9.36 Å². The van der Waals surface area contributed by atoms with Crippen molar-refractivity contribution in [2.75, 3.05) is 13.1 Å². The lowest BCUT2D eigenvalue weighted by Gasteiger charge is -2.32. The third-order valence-electron chi connectivity index (χ3n) is 6.68. The molecular formula is C30H27Cl3FN3O3S. The lowest BCUT2D eigenvalue weighted by molar-refractivity contribution is 0.0205. The number of benzene rings is 2. The van der Waals surface area contributed by atoms with Crippen molar-refractivity contribution in [1.82, 2.24) is 14.5 Å². The monoisotopic (exact) mass is 633 g/mol. The molecule has 0 atom stereocenters. The molecule has 0 unspecified atom stereocenters. The summed E-state index contributed by atoms with van der Waals surface area (Å²) in [5, 5.41) is 1.78. The molecule has 0 saturated carbocycles. The average molecular weight is 635 g/mol. The number of aromatic nitrogens is 2. The Labute approximate surface area is 256 Å². The molecule has 2 aromatic carbocycles. The maximum atomic E-state index is 13.9. The van der Waals surface area contributed by atoms with E-state index in [1.807, 2.05) is 20.8 Å². The van der Waals surface area contributed by atoms with E-state index in [-0.39, 0.29) is 22.6 Å². The first-order valence-corrected chi connectivity index (χ1v) is 15.0. The molecule has 214 valence electrons. The number of ether oxygens (including phenoxy) is 1. The van der Waals surface area contributed by atoms with Crippen LogP contribution in [0.4, 0.5) is 9.18 Å². The topological polar surface area (TPSA) is 64.4 Å². The van der Waals surface area contributed by atoms with Gasteiger partial charge in [0.05, 0.1) is 36.3 Å². The molecule has 0 radical (unpaired) electrons. The summed E-state index contributed by atoms with van der Waals surface area (Å²) in [5.74, 6) is -0.351. The van der Waals surface area contributed by atoms with E-state index in [2.05, 4.69) is 0 Å². The number of hydrogen-bond donors (Lipinski definition) is 0. The van der Waals surface area contributed by atoms with Gasteiger partial charge >= 0.3 is 6.09 Å². The Morgan fingerprint density at radius 2 is 1.71 bits per heavy atom. The van der Waals surface area contributed by atoms with Gasteiger partial charge < -0.3 is 9.64 Å². The van der Waals surface area contributed by atoms with Crippen LogP contribution in [0.15, 0.2) is 59.5 Å². The van der Waals surface area contributed by atoms with Crippen molar-refractivity contribution in [1.29, 1.82) is 0 Å². The molecule has 0 N–H and O–H groups in total. The maximum Gasteiger partial charge on any atom is 0.410 e. The van der Waals surface area contributed by atoms with E-state index >= 15 is 0 Å². The molecule has 6 nitrogen and oxygen atoms in total. The number of carbonyl (C=O) groups excluding carboxylic acids is 1. The molecule has 1 fully saturated rings. The second-order valence-corrected chi connectivity index (χ2v) is 13.0. The van der Waals surface area contributed by atoms with Crippen LogP contribution in [0.2, 0.25) is 15.1 Å². The van der Waals surface area contributed by atoms with Crippen LogP contribution in [0.25, 0.3) is 27.4 Å². The van der Waals surface area contributed by atoms with Crippen LogP contribution in [0, 0.1) is 5.82 Å². The van der Waals surface area contributed by atoms with Gasteiger partial charge in [-0.05, 0) is 70.0 Å². The fourth-order valence-corrected chi connectivity index (χ4v) is 6.91. The molecule has 5 rings (SSSR count). The highest BCUT2D eigenvalue weighted by Crippen LogP contribution is 2.44. The Hall–Kier alpha value is -2.91. The summed E-state index contributed by atoms with van der Waals surface area (Å²) in [4.78, 5) is 33.0. The Bertz CT molecular complexity index is 1650. The normalized spacial score (nSPS) is 14.4. The van der Waals surface area contributed by atoms with Crippen LogP contribution in [0.1, 0.15) is 44.5 Å². The first kappa shape index (κ1) is 29.6. The largest absolute Gasteiger partial charge is 0.444 e. The summed E-state index contributed by atoms with van der Waals surface area (Å²) in [7, 11) is 0. The van der Waals surface area contributed by atoms with Crippen molar-refractivity contribution in [3.05, 3.63) is 91.0 Å². The SMILES string of the molecule is CC(C)(C)OC(=O)N1CCC(c2nc(-c3ccc(=O)n(-c4c(Cl)cccc4Cl)c3)c(-c3ccc(F)cc3Cl)s2)CC1. The number of rotatable bonds is 4. The van der Waals surface area contributed by atoms with E-state index in [0.717, 1.165) is 9.88 Å². The minimum atomic E-state index is -0.563. The smallest absolute Gasteiger partial charge is 0.410 e. The lowest BCUT2D eigenvalue weighted by atomic mass is 9.98. The highest BCUT2D eigenvalue weighted by molar-refractivity contribution is 7.15. The quantitative estimate of drug-likeness (QED) is 0.225. The number of pyridine rings is 1. The predicted octanol–water partition coefficient (Wildman–Crippen LogP) is 8.84. The van der Waals surface area contributed by atoms with Gasteiger partial charge in [-0.1, -0.05) is 40.9 Å². The summed E-state index contributed by atoms with van der Waals surface area (Å²) in [6, 6.07) is 12.4. The first-order valence-electron chi connectivity index (χ1n) is 13.0. The van der Waals surface area contributed by atoms with E-state index in [1.165, 1.54) is 34.1 Å². The lowest BCUT2D eigenvalue weighted by Crippen LogP contribution is -2.41. The van der Waals surface area contributed by atoms with Gasteiger partial charge in [0.1, 0.15) is 11.4 Å². The number of thiazole rings is 1. The van der Waals surface area contributed by atoms with Gasteiger partial charge in [0, 0.05) is 42.4 Å². The van der Waals surface area contributed by atoms with Crippen LogP contribution in [-0.4, -0.2) is 39.2 Å². The van der Waals surface area contributed by atoms with E-state index in [4.69, 9.17) is 44.5 Å². The van der Waals surface area contributed by atoms with Crippen molar-refractivity contribution < 1.29 is 13.9 Å². The molecule has 2 aromatic heterocycles. The minimum absolute atomic E-state index is 0.0920. The fraction of sp³-hybridized carbons (Fsp3) is 0.300. The molecule has 1 aliphatic heterocycles. The van der Waals surface area contributed by atoms with Crippen LogP contribution in [0.5, 0.6) is 0 Å². The standard InChI is InChI=1S/C30H27Cl3FN3O3S/c1-30(2,3)40-29(39)36-13-11-17(12-14-36)28-35-25(27(41-28)20-9-8-19(34)15-23(20)33)18-7-10-24(38)37(16-18)26-21(31)5-4-6-22(26)32/h4-10,15-17H,11-14H2,1-3H3. The van der Waals surface area contributed by atoms with Gasteiger partial charge in [0.15, 0.2) is 0 Å². The Balaban J connectivity index is 1.55. The molecule has 1 aliphatic rings. The second kappa shape index (κ2) is 11.8. The number of likely N-dealkylation sites (tertiary alicyclic amines) is 1. The molecule has 1 saturated heterocycles. The fourth-order valence-electron chi connectivity index (χ4n) is 4.72. The zero-order valence-electron chi connectivity index (χ0n) is 22.6. The number of amides is 1. The number of nitrogens with zero attached hydrogens (tertiary/aromatic N) is 3. The summed E-state index contributed by atoms with van der Waals surface area (Å²) in [6.07, 6.45) is 2.74. The predicted molar refractivity (Wildman–Crippen MR) is 163 cm³/mol. The van der Waals surface area contributed by atoms with Gasteiger partial charge in [-0.2, -0.15) is 0 Å². The van der Waals surface area contributed by atoms with Crippen LogP contribution in [0.3, 0.4) is 0 Å². The van der Waals surface area contributed by atoms with E-state index in [0.29, 0.717) is 58.5 Å². The third kappa shape index (κ3) is 6.46. The first-order chi connectivity index (χ1) is 19.4. The Kier molecular flexibility index (Phi) is 8.48. The van der Waals surface area contributed by atoms with Crippen molar-refractivity contribution in [2.45, 2.75) is 45.1 Å². The number of carbonyl (C=O) groups is 1. The molecule has 3 heterocycles. The van der Waals surface area contributed by atoms with Crippen LogP contribution < -0.4 is 5.56 Å². The number of piperidine rings is 1. The van der Waals surface area contributed by atoms with Crippen LogP contribution in [-0.2, 0) is 4.74 Å². The summed E-state index contributed by atoms with van der Waals surface area (Å²) in [6.45, 7) is 6.62. The average Bonchev–Trinajstić information content (AvgIpc) is 3.34. The van der Waals surface area contributed by atoms with Crippen LogP contribution >= 0.6 is 46.1 Å². The van der Waals surface area contributed by atoms with Crippen molar-refractivity contribution in [3.8, 4) is 27.4 Å². The molecule has 0 aliphatic carbocycles. The highest BCUT2D eigenvalue weighted by atomic mass is 35.5. The zero-order chi connectivity index (χ0) is 29.5. The van der Waals surface area contributed by atoms with E-state index < -0.39 is 11.4 Å². The molecule has 0 bridgehead atoms.